The summed E-state index contributed by atoms with van der Waals surface area (Å²) in [6.45, 7) is 4.53. The van der Waals surface area contributed by atoms with Crippen molar-refractivity contribution in [3.05, 3.63) is 64.7 Å². The summed E-state index contributed by atoms with van der Waals surface area (Å²) in [5.74, 6) is 0.726. The van der Waals surface area contributed by atoms with E-state index in [0.717, 1.165) is 31.9 Å². The number of amides is 1. The summed E-state index contributed by atoms with van der Waals surface area (Å²) in [4.78, 5) is 17.3. The van der Waals surface area contributed by atoms with Crippen LogP contribution in [0.25, 0.3) is 0 Å². The number of nitrogens with zero attached hydrogens (tertiary/aromatic N) is 2. The molecule has 1 fully saturated rings. The molecule has 1 unspecified atom stereocenters. The Bertz CT molecular complexity index is 758. The van der Waals surface area contributed by atoms with E-state index in [1.165, 1.54) is 5.56 Å². The molecule has 0 bridgehead atoms. The van der Waals surface area contributed by atoms with Crippen molar-refractivity contribution in [1.82, 2.24) is 15.1 Å². The third-order valence-corrected chi connectivity index (χ3v) is 5.26. The molecule has 144 valence electrons. The van der Waals surface area contributed by atoms with Gasteiger partial charge in [0.1, 0.15) is 5.75 Å². The molecule has 0 aliphatic carbocycles. The topological polar surface area (TPSA) is 44.8 Å². The molecule has 1 N–H and O–H groups in total. The Kier molecular flexibility index (Phi) is 6.72. The van der Waals surface area contributed by atoms with Gasteiger partial charge in [-0.1, -0.05) is 29.8 Å². The Morgan fingerprint density at radius 1 is 1.15 bits per heavy atom. The second-order valence-electron chi connectivity index (χ2n) is 6.85. The SMILES string of the molecule is COc1ccc(C(CNC(=O)c2cccc(Cl)c2)N2CCN(C)CC2)cc1. The number of halogens is 1. The van der Waals surface area contributed by atoms with Crippen LogP contribution in [0, 0.1) is 0 Å². The molecule has 3 rings (SSSR count). The van der Waals surface area contributed by atoms with Crippen LogP contribution >= 0.6 is 11.6 Å². The molecule has 27 heavy (non-hydrogen) atoms. The highest BCUT2D eigenvalue weighted by molar-refractivity contribution is 6.30. The first-order valence-corrected chi connectivity index (χ1v) is 9.55. The molecule has 5 nitrogen and oxygen atoms in total. The maximum Gasteiger partial charge on any atom is 0.251 e. The van der Waals surface area contributed by atoms with Gasteiger partial charge in [-0.3, -0.25) is 9.69 Å². The highest BCUT2D eigenvalue weighted by Gasteiger charge is 2.24. The molecule has 1 amide bonds. The first-order chi connectivity index (χ1) is 13.1. The van der Waals surface area contributed by atoms with E-state index in [2.05, 4.69) is 34.3 Å². The molecule has 0 saturated carbocycles. The van der Waals surface area contributed by atoms with Gasteiger partial charge in [-0.2, -0.15) is 0 Å². The molecule has 2 aromatic carbocycles. The summed E-state index contributed by atoms with van der Waals surface area (Å²) < 4.78 is 5.27. The molecule has 2 aromatic rings. The van der Waals surface area contributed by atoms with Gasteiger partial charge in [0.2, 0.25) is 0 Å². The zero-order valence-corrected chi connectivity index (χ0v) is 16.6. The first kappa shape index (κ1) is 19.7. The van der Waals surface area contributed by atoms with Gasteiger partial charge in [-0.15, -0.1) is 0 Å². The van der Waals surface area contributed by atoms with E-state index in [0.29, 0.717) is 17.1 Å². The van der Waals surface area contributed by atoms with Crippen molar-refractivity contribution in [3.63, 3.8) is 0 Å². The second kappa shape index (κ2) is 9.22. The van der Waals surface area contributed by atoms with Crippen LogP contribution in [0.2, 0.25) is 5.02 Å². The summed E-state index contributed by atoms with van der Waals surface area (Å²) in [5.41, 5.74) is 1.75. The minimum absolute atomic E-state index is 0.106. The molecule has 0 aromatic heterocycles. The van der Waals surface area contributed by atoms with Crippen LogP contribution in [0.4, 0.5) is 0 Å². The lowest BCUT2D eigenvalue weighted by atomic mass is 10.0. The number of methoxy groups -OCH3 is 1. The van der Waals surface area contributed by atoms with Gasteiger partial charge in [0, 0.05) is 43.3 Å². The second-order valence-corrected chi connectivity index (χ2v) is 7.29. The van der Waals surface area contributed by atoms with E-state index >= 15 is 0 Å². The lowest BCUT2D eigenvalue weighted by molar-refractivity contribution is 0.0886. The third-order valence-electron chi connectivity index (χ3n) is 5.02. The molecule has 1 saturated heterocycles. The number of carbonyl (C=O) groups is 1. The van der Waals surface area contributed by atoms with Gasteiger partial charge >= 0.3 is 0 Å². The van der Waals surface area contributed by atoms with Gasteiger partial charge in [0.15, 0.2) is 0 Å². The van der Waals surface area contributed by atoms with Crippen LogP contribution in [-0.4, -0.2) is 62.6 Å². The molecule has 1 aliphatic heterocycles. The quantitative estimate of drug-likeness (QED) is 0.827. The largest absolute Gasteiger partial charge is 0.497 e. The van der Waals surface area contributed by atoms with Crippen molar-refractivity contribution in [2.45, 2.75) is 6.04 Å². The van der Waals surface area contributed by atoms with E-state index in [9.17, 15) is 4.79 Å². The number of likely N-dealkylation sites (N-methyl/N-ethyl adjacent to an activating group) is 1. The number of rotatable bonds is 6. The van der Waals surface area contributed by atoms with Crippen LogP contribution in [0.3, 0.4) is 0 Å². The molecule has 0 spiro atoms. The van der Waals surface area contributed by atoms with E-state index in [1.54, 1.807) is 31.4 Å². The highest BCUT2D eigenvalue weighted by atomic mass is 35.5. The molecule has 6 heteroatoms. The van der Waals surface area contributed by atoms with Gasteiger partial charge in [0.25, 0.3) is 5.91 Å². The van der Waals surface area contributed by atoms with Crippen LogP contribution in [0.1, 0.15) is 22.0 Å². The minimum atomic E-state index is -0.106. The van der Waals surface area contributed by atoms with Crippen molar-refractivity contribution in [2.24, 2.45) is 0 Å². The summed E-state index contributed by atoms with van der Waals surface area (Å²) in [6, 6.07) is 15.2. The maximum absolute atomic E-state index is 12.6. The lowest BCUT2D eigenvalue weighted by Gasteiger charge is -2.38. The smallest absolute Gasteiger partial charge is 0.251 e. The van der Waals surface area contributed by atoms with Crippen LogP contribution < -0.4 is 10.1 Å². The fourth-order valence-electron chi connectivity index (χ4n) is 3.34. The van der Waals surface area contributed by atoms with Gasteiger partial charge in [0.05, 0.1) is 13.2 Å². The fourth-order valence-corrected chi connectivity index (χ4v) is 3.53. The van der Waals surface area contributed by atoms with Crippen LogP contribution in [-0.2, 0) is 0 Å². The lowest BCUT2D eigenvalue weighted by Crippen LogP contribution is -2.48. The normalized spacial score (nSPS) is 16.7. The van der Waals surface area contributed by atoms with E-state index in [1.807, 2.05) is 12.1 Å². The molecular weight excluding hydrogens is 362 g/mol. The number of piperazine rings is 1. The number of carbonyl (C=O) groups excluding carboxylic acids is 1. The summed E-state index contributed by atoms with van der Waals surface area (Å²) in [5, 5.41) is 3.64. The predicted octanol–water partition coefficient (Wildman–Crippen LogP) is 3.07. The predicted molar refractivity (Wildman–Crippen MR) is 109 cm³/mol. The van der Waals surface area contributed by atoms with Crippen molar-refractivity contribution >= 4 is 17.5 Å². The molecule has 0 radical (unpaired) electrons. The number of nitrogens with one attached hydrogen (secondary N) is 1. The molecule has 1 aliphatic rings. The average molecular weight is 388 g/mol. The van der Waals surface area contributed by atoms with Crippen LogP contribution in [0.15, 0.2) is 48.5 Å². The first-order valence-electron chi connectivity index (χ1n) is 9.17. The Hall–Kier alpha value is -2.08. The number of hydrogen-bond acceptors (Lipinski definition) is 4. The third kappa shape index (κ3) is 5.22. The van der Waals surface area contributed by atoms with Crippen molar-refractivity contribution in [2.75, 3.05) is 46.9 Å². The Labute approximate surface area is 165 Å². The monoisotopic (exact) mass is 387 g/mol. The molecule has 1 atom stereocenters. The minimum Gasteiger partial charge on any atom is -0.497 e. The van der Waals surface area contributed by atoms with Crippen molar-refractivity contribution in [3.8, 4) is 5.75 Å². The average Bonchev–Trinajstić information content (AvgIpc) is 2.69. The van der Waals surface area contributed by atoms with E-state index < -0.39 is 0 Å². The zero-order chi connectivity index (χ0) is 19.2. The standard InChI is InChI=1S/C21H26ClN3O2/c1-24-10-12-25(13-11-24)20(16-6-8-19(27-2)9-7-16)15-23-21(26)17-4-3-5-18(22)14-17/h3-9,14,20H,10-13,15H2,1-2H3,(H,23,26). The van der Waals surface area contributed by atoms with Gasteiger partial charge in [-0.25, -0.2) is 0 Å². The number of benzene rings is 2. The Balaban J connectivity index is 1.73. The maximum atomic E-state index is 12.6. The Morgan fingerprint density at radius 3 is 2.48 bits per heavy atom. The summed E-state index contributed by atoms with van der Waals surface area (Å²) in [7, 11) is 3.80. The molecular formula is C21H26ClN3O2. The van der Waals surface area contributed by atoms with Gasteiger partial charge < -0.3 is 15.0 Å². The zero-order valence-electron chi connectivity index (χ0n) is 15.8. The number of ether oxygens (including phenoxy) is 1. The van der Waals surface area contributed by atoms with E-state index in [4.69, 9.17) is 16.3 Å². The van der Waals surface area contributed by atoms with Crippen molar-refractivity contribution in [1.29, 1.82) is 0 Å². The summed E-state index contributed by atoms with van der Waals surface area (Å²) >= 11 is 6.01. The van der Waals surface area contributed by atoms with Gasteiger partial charge in [-0.05, 0) is 42.9 Å². The highest BCUT2D eigenvalue weighted by Crippen LogP contribution is 2.24. The van der Waals surface area contributed by atoms with Crippen LogP contribution in [0.5, 0.6) is 5.75 Å². The summed E-state index contributed by atoms with van der Waals surface area (Å²) in [6.07, 6.45) is 0. The Morgan fingerprint density at radius 2 is 1.85 bits per heavy atom. The fraction of sp³-hybridized carbons (Fsp3) is 0.381. The van der Waals surface area contributed by atoms with E-state index in [-0.39, 0.29) is 11.9 Å². The number of hydrogen-bond donors (Lipinski definition) is 1. The molecule has 1 heterocycles. The van der Waals surface area contributed by atoms with Crippen molar-refractivity contribution < 1.29 is 9.53 Å².